The molecule has 1 saturated carbocycles. The molecule has 1 aromatic rings. The molecule has 0 N–H and O–H groups in total. The summed E-state index contributed by atoms with van der Waals surface area (Å²) in [6.07, 6.45) is 4.50. The lowest BCUT2D eigenvalue weighted by Crippen LogP contribution is -2.45. The average Bonchev–Trinajstić information content (AvgIpc) is 2.71. The maximum absolute atomic E-state index is 13.0. The molecule has 1 unspecified atom stereocenters. The van der Waals surface area contributed by atoms with Gasteiger partial charge in [0, 0.05) is 12.2 Å². The summed E-state index contributed by atoms with van der Waals surface area (Å²) in [5, 5.41) is 0. The topological polar surface area (TPSA) is 26.3 Å². The molecule has 0 spiro atoms. The Hall–Kier alpha value is -1.15. The van der Waals surface area contributed by atoms with Crippen LogP contribution in [-0.2, 0) is 4.74 Å². The van der Waals surface area contributed by atoms with E-state index in [1.165, 1.54) is 12.0 Å². The summed E-state index contributed by atoms with van der Waals surface area (Å²) >= 11 is 0. The maximum Gasteiger partial charge on any atom is 0.172 e. The van der Waals surface area contributed by atoms with Crippen LogP contribution in [0.25, 0.3) is 0 Å². The van der Waals surface area contributed by atoms with Gasteiger partial charge in [0.15, 0.2) is 5.78 Å². The van der Waals surface area contributed by atoms with Gasteiger partial charge >= 0.3 is 0 Å². The lowest BCUT2D eigenvalue weighted by molar-refractivity contribution is -0.0342. The highest BCUT2D eigenvalue weighted by Gasteiger charge is 2.56. The van der Waals surface area contributed by atoms with Crippen LogP contribution in [0.1, 0.15) is 61.4 Å². The maximum atomic E-state index is 13.0. The van der Waals surface area contributed by atoms with Crippen LogP contribution in [-0.4, -0.2) is 18.5 Å². The number of carbonyl (C=O) groups excluding carboxylic acids is 1. The largest absolute Gasteiger partial charge is 0.378 e. The third kappa shape index (κ3) is 1.69. The van der Waals surface area contributed by atoms with Crippen molar-refractivity contribution in [2.45, 2.75) is 51.6 Å². The lowest BCUT2D eigenvalue weighted by Gasteiger charge is -2.42. The first-order chi connectivity index (χ1) is 9.21. The van der Waals surface area contributed by atoms with Crippen molar-refractivity contribution in [3.8, 4) is 0 Å². The monoisotopic (exact) mass is 258 g/mol. The van der Waals surface area contributed by atoms with Gasteiger partial charge in [-0.2, -0.15) is 0 Å². The zero-order valence-electron chi connectivity index (χ0n) is 11.8. The van der Waals surface area contributed by atoms with Crippen LogP contribution in [0.2, 0.25) is 0 Å². The van der Waals surface area contributed by atoms with Gasteiger partial charge < -0.3 is 4.74 Å². The normalized spacial score (nSPS) is 30.8. The molecule has 2 aliphatic rings. The van der Waals surface area contributed by atoms with E-state index in [1.807, 2.05) is 19.1 Å². The van der Waals surface area contributed by atoms with Gasteiger partial charge in [-0.05, 0) is 38.2 Å². The molecule has 2 nitrogen and oxygen atoms in total. The van der Waals surface area contributed by atoms with Gasteiger partial charge in [0.05, 0.1) is 11.5 Å². The second-order valence-corrected chi connectivity index (χ2v) is 5.85. The van der Waals surface area contributed by atoms with Crippen molar-refractivity contribution in [1.29, 1.82) is 0 Å². The van der Waals surface area contributed by atoms with Crippen molar-refractivity contribution >= 4 is 5.78 Å². The lowest BCUT2D eigenvalue weighted by atomic mass is 9.63. The van der Waals surface area contributed by atoms with Gasteiger partial charge in [0.2, 0.25) is 0 Å². The highest BCUT2D eigenvalue weighted by molar-refractivity contribution is 6.06. The van der Waals surface area contributed by atoms with Crippen molar-refractivity contribution in [2.75, 3.05) is 6.61 Å². The Morgan fingerprint density at radius 2 is 2.16 bits per heavy atom. The molecule has 0 aliphatic heterocycles. The molecule has 3 rings (SSSR count). The van der Waals surface area contributed by atoms with Crippen molar-refractivity contribution in [3.63, 3.8) is 0 Å². The number of benzene rings is 1. The third-order valence-electron chi connectivity index (χ3n) is 5.10. The highest BCUT2D eigenvalue weighted by atomic mass is 16.5. The van der Waals surface area contributed by atoms with Gasteiger partial charge in [-0.25, -0.2) is 0 Å². The first-order valence-electron chi connectivity index (χ1n) is 7.47. The Labute approximate surface area is 115 Å². The smallest absolute Gasteiger partial charge is 0.172 e. The van der Waals surface area contributed by atoms with Crippen LogP contribution in [0.4, 0.5) is 0 Å². The fraction of sp³-hybridized carbons (Fsp3) is 0.588. The predicted octanol–water partition coefficient (Wildman–Crippen LogP) is 3.95. The summed E-state index contributed by atoms with van der Waals surface area (Å²) in [6, 6.07) is 8.18. The molecule has 19 heavy (non-hydrogen) atoms. The van der Waals surface area contributed by atoms with E-state index >= 15 is 0 Å². The summed E-state index contributed by atoms with van der Waals surface area (Å²) in [5.74, 6) is 0.695. The summed E-state index contributed by atoms with van der Waals surface area (Å²) in [4.78, 5) is 13.0. The number of carbonyl (C=O) groups is 1. The second-order valence-electron chi connectivity index (χ2n) is 5.85. The van der Waals surface area contributed by atoms with Crippen LogP contribution in [0.3, 0.4) is 0 Å². The second kappa shape index (κ2) is 4.75. The molecule has 2 heteroatoms. The zero-order valence-corrected chi connectivity index (χ0v) is 11.8. The molecule has 0 saturated heterocycles. The minimum atomic E-state index is -0.294. The highest BCUT2D eigenvalue weighted by Crippen LogP contribution is 2.57. The van der Waals surface area contributed by atoms with Crippen LogP contribution < -0.4 is 0 Å². The van der Waals surface area contributed by atoms with E-state index in [2.05, 4.69) is 19.1 Å². The van der Waals surface area contributed by atoms with E-state index in [9.17, 15) is 4.79 Å². The van der Waals surface area contributed by atoms with E-state index in [-0.39, 0.29) is 11.5 Å². The fourth-order valence-electron chi connectivity index (χ4n) is 4.23. The third-order valence-corrected chi connectivity index (χ3v) is 5.10. The quantitative estimate of drug-likeness (QED) is 0.820. The molecular weight excluding hydrogens is 236 g/mol. The molecule has 2 aliphatic carbocycles. The van der Waals surface area contributed by atoms with E-state index in [4.69, 9.17) is 4.74 Å². The van der Waals surface area contributed by atoms with Crippen LogP contribution in [0.5, 0.6) is 0 Å². The van der Waals surface area contributed by atoms with Gasteiger partial charge in [-0.15, -0.1) is 0 Å². The molecule has 102 valence electrons. The minimum Gasteiger partial charge on any atom is -0.378 e. The molecule has 1 aromatic carbocycles. The molecule has 0 radical (unpaired) electrons. The number of ketones is 1. The molecule has 1 fully saturated rings. The number of hydrogen-bond donors (Lipinski definition) is 0. The van der Waals surface area contributed by atoms with Crippen molar-refractivity contribution in [2.24, 2.45) is 5.41 Å². The Bertz CT molecular complexity index is 494. The molecular formula is C17H22O2. The van der Waals surface area contributed by atoms with Crippen molar-refractivity contribution in [1.82, 2.24) is 0 Å². The Balaban J connectivity index is 2.09. The van der Waals surface area contributed by atoms with Crippen LogP contribution in [0, 0.1) is 5.41 Å². The van der Waals surface area contributed by atoms with Crippen LogP contribution >= 0.6 is 0 Å². The summed E-state index contributed by atoms with van der Waals surface area (Å²) in [6.45, 7) is 4.78. The van der Waals surface area contributed by atoms with E-state index in [0.29, 0.717) is 18.3 Å². The molecule has 0 bridgehead atoms. The Morgan fingerprint density at radius 1 is 1.37 bits per heavy atom. The zero-order chi connectivity index (χ0) is 13.5. The summed E-state index contributed by atoms with van der Waals surface area (Å²) < 4.78 is 5.87. The number of ether oxygens (including phenoxy) is 1. The number of Topliss-reactive ketones (excluding diaryl/α,β-unsaturated/α-hetero) is 1. The molecule has 0 heterocycles. The summed E-state index contributed by atoms with van der Waals surface area (Å²) in [7, 11) is 0. The summed E-state index contributed by atoms with van der Waals surface area (Å²) in [5.41, 5.74) is 1.91. The van der Waals surface area contributed by atoms with Crippen LogP contribution in [0.15, 0.2) is 24.3 Å². The standard InChI is InChI=1S/C17H22O2/c1-3-19-12(2)17-11-7-6-10-15(17)13-8-4-5-9-14(13)16(17)18/h4-5,8-9,12,15H,3,6-7,10-11H2,1-2H3/t12?,15-,17+/m0/s1. The Kier molecular flexibility index (Phi) is 3.22. The SMILES string of the molecule is CCOC(C)[C@]12CCCC[C@H]1c1ccccc1C2=O. The van der Waals surface area contributed by atoms with Gasteiger partial charge in [-0.1, -0.05) is 37.1 Å². The predicted molar refractivity (Wildman–Crippen MR) is 75.5 cm³/mol. The van der Waals surface area contributed by atoms with E-state index in [1.54, 1.807) is 0 Å². The average molecular weight is 258 g/mol. The van der Waals surface area contributed by atoms with Gasteiger partial charge in [0.1, 0.15) is 0 Å². The molecule has 0 aromatic heterocycles. The van der Waals surface area contributed by atoms with Crippen molar-refractivity contribution in [3.05, 3.63) is 35.4 Å². The molecule has 0 amide bonds. The number of hydrogen-bond acceptors (Lipinski definition) is 2. The van der Waals surface area contributed by atoms with E-state index < -0.39 is 0 Å². The molecule has 3 atom stereocenters. The fourth-order valence-corrected chi connectivity index (χ4v) is 4.23. The first kappa shape index (κ1) is 12.9. The number of fused-ring (bicyclic) bond motifs is 3. The minimum absolute atomic E-state index is 0.0164. The van der Waals surface area contributed by atoms with Gasteiger partial charge in [-0.3, -0.25) is 4.79 Å². The first-order valence-corrected chi connectivity index (χ1v) is 7.47. The number of rotatable bonds is 3. The van der Waals surface area contributed by atoms with Crippen molar-refractivity contribution < 1.29 is 9.53 Å². The van der Waals surface area contributed by atoms with Gasteiger partial charge in [0.25, 0.3) is 0 Å². The van der Waals surface area contributed by atoms with E-state index in [0.717, 1.165) is 24.8 Å². The Morgan fingerprint density at radius 3 is 2.95 bits per heavy atom.